The maximum absolute atomic E-state index is 12.2. The number of nitriles is 1. The fourth-order valence-electron chi connectivity index (χ4n) is 2.09. The molecule has 0 radical (unpaired) electrons. The van der Waals surface area contributed by atoms with E-state index in [0.29, 0.717) is 17.1 Å². The van der Waals surface area contributed by atoms with Crippen LogP contribution in [-0.2, 0) is 0 Å². The second kappa shape index (κ2) is 4.77. The quantitative estimate of drug-likeness (QED) is 0.767. The van der Waals surface area contributed by atoms with E-state index in [1.165, 1.54) is 0 Å². The van der Waals surface area contributed by atoms with Crippen molar-refractivity contribution in [3.8, 4) is 6.07 Å². The molecule has 1 unspecified atom stereocenters. The molecule has 1 saturated heterocycles. The van der Waals surface area contributed by atoms with E-state index in [0.717, 1.165) is 18.4 Å². The number of hydrogen-bond donors (Lipinski definition) is 0. The minimum atomic E-state index is -0.306. The van der Waals surface area contributed by atoms with Gasteiger partial charge in [0, 0.05) is 6.54 Å². The second-order valence-electron chi connectivity index (χ2n) is 4.27. The van der Waals surface area contributed by atoms with Crippen LogP contribution in [0.2, 0.25) is 5.02 Å². The Morgan fingerprint density at radius 3 is 3.00 bits per heavy atom. The number of benzene rings is 1. The van der Waals surface area contributed by atoms with Crippen molar-refractivity contribution in [1.82, 2.24) is 4.90 Å². The summed E-state index contributed by atoms with van der Waals surface area (Å²) in [6.45, 7) is 2.56. The van der Waals surface area contributed by atoms with Gasteiger partial charge in [-0.25, -0.2) is 0 Å². The van der Waals surface area contributed by atoms with Crippen molar-refractivity contribution in [2.45, 2.75) is 25.8 Å². The molecule has 17 heavy (non-hydrogen) atoms. The van der Waals surface area contributed by atoms with Gasteiger partial charge in [-0.05, 0) is 37.5 Å². The highest BCUT2D eigenvalue weighted by atomic mass is 35.5. The molecular weight excluding hydrogens is 236 g/mol. The fraction of sp³-hybridized carbons (Fsp3) is 0.385. The molecule has 0 saturated carbocycles. The van der Waals surface area contributed by atoms with Crippen LogP contribution in [0.4, 0.5) is 0 Å². The number of hydrogen-bond acceptors (Lipinski definition) is 2. The fourth-order valence-corrected chi connectivity index (χ4v) is 2.41. The molecule has 1 heterocycles. The molecule has 1 aliphatic rings. The van der Waals surface area contributed by atoms with Crippen LogP contribution in [-0.4, -0.2) is 23.4 Å². The number of likely N-dealkylation sites (tertiary alicyclic amines) is 1. The monoisotopic (exact) mass is 248 g/mol. The molecule has 1 atom stereocenters. The highest BCUT2D eigenvalue weighted by molar-refractivity contribution is 6.33. The summed E-state index contributed by atoms with van der Waals surface area (Å²) in [7, 11) is 0. The SMILES string of the molecule is Cc1ccc(C(=O)N2CCCC2C#N)c(Cl)c1. The summed E-state index contributed by atoms with van der Waals surface area (Å²) < 4.78 is 0. The van der Waals surface area contributed by atoms with Crippen molar-refractivity contribution in [1.29, 1.82) is 5.26 Å². The first-order chi connectivity index (χ1) is 8.13. The van der Waals surface area contributed by atoms with Crippen LogP contribution in [0.3, 0.4) is 0 Å². The van der Waals surface area contributed by atoms with Crippen LogP contribution in [0.15, 0.2) is 18.2 Å². The average molecular weight is 249 g/mol. The molecule has 1 aliphatic heterocycles. The summed E-state index contributed by atoms with van der Waals surface area (Å²) in [6, 6.07) is 7.21. The second-order valence-corrected chi connectivity index (χ2v) is 4.68. The standard InChI is InChI=1S/C13H13ClN2O/c1-9-4-5-11(12(14)7-9)13(17)16-6-2-3-10(16)8-15/h4-5,7,10H,2-3,6H2,1H3. The van der Waals surface area contributed by atoms with Crippen LogP contribution >= 0.6 is 11.6 Å². The zero-order valence-corrected chi connectivity index (χ0v) is 10.4. The molecule has 0 N–H and O–H groups in total. The average Bonchev–Trinajstić information content (AvgIpc) is 2.76. The van der Waals surface area contributed by atoms with Gasteiger partial charge in [-0.1, -0.05) is 17.7 Å². The molecule has 1 amide bonds. The maximum Gasteiger partial charge on any atom is 0.256 e. The van der Waals surface area contributed by atoms with Crippen LogP contribution in [0.25, 0.3) is 0 Å². The van der Waals surface area contributed by atoms with E-state index in [2.05, 4.69) is 6.07 Å². The molecule has 0 aromatic heterocycles. The Hall–Kier alpha value is -1.53. The third kappa shape index (κ3) is 2.27. The van der Waals surface area contributed by atoms with E-state index < -0.39 is 0 Å². The lowest BCUT2D eigenvalue weighted by Gasteiger charge is -2.20. The topological polar surface area (TPSA) is 44.1 Å². The number of amides is 1. The Labute approximate surface area is 106 Å². The molecule has 4 heteroatoms. The minimum absolute atomic E-state index is 0.140. The van der Waals surface area contributed by atoms with Gasteiger partial charge in [0.05, 0.1) is 16.7 Å². The van der Waals surface area contributed by atoms with E-state index >= 15 is 0 Å². The molecule has 0 spiro atoms. The normalized spacial score (nSPS) is 19.1. The van der Waals surface area contributed by atoms with Crippen molar-refractivity contribution < 1.29 is 4.79 Å². The minimum Gasteiger partial charge on any atom is -0.323 e. The van der Waals surface area contributed by atoms with Gasteiger partial charge in [0.2, 0.25) is 0 Å². The molecule has 1 aromatic rings. The summed E-state index contributed by atoms with van der Waals surface area (Å²) in [4.78, 5) is 13.8. The molecule has 2 rings (SSSR count). The van der Waals surface area contributed by atoms with Crippen LogP contribution in [0, 0.1) is 18.3 Å². The number of carbonyl (C=O) groups excluding carboxylic acids is 1. The summed E-state index contributed by atoms with van der Waals surface area (Å²) >= 11 is 6.06. The number of rotatable bonds is 1. The van der Waals surface area contributed by atoms with Crippen LogP contribution in [0.5, 0.6) is 0 Å². The summed E-state index contributed by atoms with van der Waals surface area (Å²) in [5.74, 6) is -0.140. The van der Waals surface area contributed by atoms with E-state index in [-0.39, 0.29) is 11.9 Å². The van der Waals surface area contributed by atoms with E-state index in [1.807, 2.05) is 13.0 Å². The van der Waals surface area contributed by atoms with Crippen molar-refractivity contribution >= 4 is 17.5 Å². The summed E-state index contributed by atoms with van der Waals surface area (Å²) in [5.41, 5.74) is 1.50. The van der Waals surface area contributed by atoms with Gasteiger partial charge < -0.3 is 4.90 Å². The zero-order valence-electron chi connectivity index (χ0n) is 9.61. The Morgan fingerprint density at radius 2 is 2.35 bits per heavy atom. The van der Waals surface area contributed by atoms with Gasteiger partial charge in [-0.2, -0.15) is 5.26 Å². The number of aryl methyl sites for hydroxylation is 1. The van der Waals surface area contributed by atoms with E-state index in [9.17, 15) is 4.79 Å². The largest absolute Gasteiger partial charge is 0.323 e. The number of nitrogens with zero attached hydrogens (tertiary/aromatic N) is 2. The van der Waals surface area contributed by atoms with Gasteiger partial charge in [-0.15, -0.1) is 0 Å². The van der Waals surface area contributed by atoms with E-state index in [1.54, 1.807) is 17.0 Å². The van der Waals surface area contributed by atoms with Gasteiger partial charge in [-0.3, -0.25) is 4.79 Å². The predicted molar refractivity (Wildman–Crippen MR) is 65.9 cm³/mol. The first kappa shape index (κ1) is 11.9. The molecular formula is C13H13ClN2O. The summed E-state index contributed by atoms with van der Waals surface area (Å²) in [5, 5.41) is 9.43. The lowest BCUT2D eigenvalue weighted by Crippen LogP contribution is -2.34. The van der Waals surface area contributed by atoms with Crippen LogP contribution in [0.1, 0.15) is 28.8 Å². The predicted octanol–water partition coefficient (Wildman–Crippen LogP) is 2.78. The lowest BCUT2D eigenvalue weighted by molar-refractivity contribution is 0.0765. The number of halogens is 1. The lowest BCUT2D eigenvalue weighted by atomic mass is 10.1. The third-order valence-electron chi connectivity index (χ3n) is 3.02. The molecule has 0 aliphatic carbocycles. The van der Waals surface area contributed by atoms with Gasteiger partial charge in [0.25, 0.3) is 5.91 Å². The highest BCUT2D eigenvalue weighted by Crippen LogP contribution is 2.24. The number of carbonyl (C=O) groups is 1. The van der Waals surface area contributed by atoms with Crippen LogP contribution < -0.4 is 0 Å². The van der Waals surface area contributed by atoms with Crippen molar-refractivity contribution in [3.63, 3.8) is 0 Å². The molecule has 1 fully saturated rings. The van der Waals surface area contributed by atoms with Crippen molar-refractivity contribution in [2.24, 2.45) is 0 Å². The van der Waals surface area contributed by atoms with Gasteiger partial charge >= 0.3 is 0 Å². The zero-order chi connectivity index (χ0) is 12.4. The Morgan fingerprint density at radius 1 is 1.59 bits per heavy atom. The Kier molecular flexibility index (Phi) is 3.35. The third-order valence-corrected chi connectivity index (χ3v) is 3.33. The Balaban J connectivity index is 2.28. The van der Waals surface area contributed by atoms with Crippen molar-refractivity contribution in [3.05, 3.63) is 34.3 Å². The molecule has 0 bridgehead atoms. The summed E-state index contributed by atoms with van der Waals surface area (Å²) in [6.07, 6.45) is 1.64. The van der Waals surface area contributed by atoms with Gasteiger partial charge in [0.1, 0.15) is 6.04 Å². The highest BCUT2D eigenvalue weighted by Gasteiger charge is 2.30. The molecule has 88 valence electrons. The van der Waals surface area contributed by atoms with Gasteiger partial charge in [0.15, 0.2) is 0 Å². The Bertz CT molecular complexity index is 493. The maximum atomic E-state index is 12.2. The molecule has 3 nitrogen and oxygen atoms in total. The van der Waals surface area contributed by atoms with E-state index in [4.69, 9.17) is 16.9 Å². The van der Waals surface area contributed by atoms with Crippen molar-refractivity contribution in [2.75, 3.05) is 6.54 Å². The first-order valence-corrected chi connectivity index (χ1v) is 5.98. The molecule has 1 aromatic carbocycles. The smallest absolute Gasteiger partial charge is 0.256 e. The first-order valence-electron chi connectivity index (χ1n) is 5.60.